The van der Waals surface area contributed by atoms with E-state index in [1.165, 1.54) is 10.6 Å². The largest absolute Gasteiger partial charge is 0.348 e. The molecule has 1 N–H and O–H groups in total. The number of fused-ring (bicyclic) bond motifs is 1. The molecule has 1 saturated carbocycles. The van der Waals surface area contributed by atoms with E-state index in [0.29, 0.717) is 25.6 Å². The van der Waals surface area contributed by atoms with Crippen molar-refractivity contribution < 1.29 is 22.0 Å². The lowest BCUT2D eigenvalue weighted by molar-refractivity contribution is 0.0887. The molecule has 0 spiro atoms. The van der Waals surface area contributed by atoms with E-state index in [9.17, 15) is 22.0 Å². The van der Waals surface area contributed by atoms with Crippen molar-refractivity contribution in [1.82, 2.24) is 14.6 Å². The highest BCUT2D eigenvalue weighted by atomic mass is 32.2. The van der Waals surface area contributed by atoms with Crippen LogP contribution in [0.2, 0.25) is 0 Å². The van der Waals surface area contributed by atoms with Crippen LogP contribution in [-0.4, -0.2) is 49.0 Å². The molecule has 6 nitrogen and oxygen atoms in total. The van der Waals surface area contributed by atoms with Crippen LogP contribution in [0, 0.1) is 23.5 Å². The van der Waals surface area contributed by atoms with Crippen LogP contribution in [0.5, 0.6) is 0 Å². The van der Waals surface area contributed by atoms with E-state index in [1.807, 2.05) is 0 Å². The van der Waals surface area contributed by atoms with Crippen molar-refractivity contribution in [3.63, 3.8) is 0 Å². The van der Waals surface area contributed by atoms with E-state index in [0.717, 1.165) is 19.0 Å². The highest BCUT2D eigenvalue weighted by Gasteiger charge is 2.43. The van der Waals surface area contributed by atoms with Crippen LogP contribution >= 0.6 is 0 Å². The van der Waals surface area contributed by atoms with E-state index in [2.05, 4.69) is 10.3 Å². The van der Waals surface area contributed by atoms with E-state index in [4.69, 9.17) is 0 Å². The highest BCUT2D eigenvalue weighted by molar-refractivity contribution is 7.88. The van der Waals surface area contributed by atoms with Crippen LogP contribution in [0.15, 0.2) is 12.3 Å². The Morgan fingerprint density at radius 2 is 2.08 bits per heavy atom. The lowest BCUT2D eigenvalue weighted by atomic mass is 9.78. The van der Waals surface area contributed by atoms with Crippen molar-refractivity contribution in [2.45, 2.75) is 25.3 Å². The SMILES string of the molecule is CS(=O)(=O)N1C[C@@H]2CCC[C@H](NC(=O)c3ncc(F)cc3F)[C@@H]2C1. The Kier molecular flexibility index (Phi) is 4.56. The summed E-state index contributed by atoms with van der Waals surface area (Å²) in [7, 11) is -3.27. The van der Waals surface area contributed by atoms with Crippen LogP contribution in [0.25, 0.3) is 0 Å². The standard InChI is InChI=1S/C15H19F2N3O3S/c1-24(22,23)20-7-9-3-2-4-13(11(9)8-20)19-15(21)14-12(17)5-10(16)6-18-14/h5-6,9,11,13H,2-4,7-8H2,1H3,(H,19,21)/t9-,11+,13-/m0/s1. The fraction of sp³-hybridized carbons (Fsp3) is 0.600. The quantitative estimate of drug-likeness (QED) is 0.878. The lowest BCUT2D eigenvalue weighted by Crippen LogP contribution is -2.45. The molecule has 1 aliphatic carbocycles. The number of amides is 1. The van der Waals surface area contributed by atoms with Crippen molar-refractivity contribution in [2.24, 2.45) is 11.8 Å². The van der Waals surface area contributed by atoms with Gasteiger partial charge in [-0.3, -0.25) is 4.79 Å². The molecule has 0 aromatic carbocycles. The topological polar surface area (TPSA) is 79.4 Å². The molecule has 3 atom stereocenters. The Morgan fingerprint density at radius 3 is 2.75 bits per heavy atom. The van der Waals surface area contributed by atoms with Gasteiger partial charge in [0.2, 0.25) is 10.0 Å². The maximum atomic E-state index is 13.7. The first-order valence-electron chi connectivity index (χ1n) is 7.82. The normalized spacial score (nSPS) is 27.7. The summed E-state index contributed by atoms with van der Waals surface area (Å²) >= 11 is 0. The second-order valence-corrected chi connectivity index (χ2v) is 8.48. The number of hydrogen-bond acceptors (Lipinski definition) is 4. The van der Waals surface area contributed by atoms with Gasteiger partial charge < -0.3 is 5.32 Å². The Labute approximate surface area is 139 Å². The third kappa shape index (κ3) is 3.41. The van der Waals surface area contributed by atoms with Crippen molar-refractivity contribution in [1.29, 1.82) is 0 Å². The van der Waals surface area contributed by atoms with Crippen LogP contribution < -0.4 is 5.32 Å². The lowest BCUT2D eigenvalue weighted by Gasteiger charge is -2.33. The van der Waals surface area contributed by atoms with Gasteiger partial charge in [-0.05, 0) is 24.7 Å². The molecule has 2 aliphatic rings. The van der Waals surface area contributed by atoms with E-state index < -0.39 is 33.3 Å². The van der Waals surface area contributed by atoms with E-state index in [1.54, 1.807) is 0 Å². The van der Waals surface area contributed by atoms with Gasteiger partial charge in [0.05, 0.1) is 12.5 Å². The minimum atomic E-state index is -3.27. The van der Waals surface area contributed by atoms with Crippen molar-refractivity contribution in [3.05, 3.63) is 29.6 Å². The van der Waals surface area contributed by atoms with Crippen LogP contribution in [-0.2, 0) is 10.0 Å². The molecule has 0 radical (unpaired) electrons. The number of halogens is 2. The Morgan fingerprint density at radius 1 is 1.33 bits per heavy atom. The number of carbonyl (C=O) groups excluding carboxylic acids is 1. The Hall–Kier alpha value is -1.61. The molecule has 2 fully saturated rings. The van der Waals surface area contributed by atoms with Crippen LogP contribution in [0.3, 0.4) is 0 Å². The average Bonchev–Trinajstić information content (AvgIpc) is 2.92. The monoisotopic (exact) mass is 359 g/mol. The van der Waals surface area contributed by atoms with Gasteiger partial charge in [0.15, 0.2) is 11.5 Å². The summed E-state index contributed by atoms with van der Waals surface area (Å²) in [6.45, 7) is 0.812. The molecule has 24 heavy (non-hydrogen) atoms. The second kappa shape index (κ2) is 6.36. The van der Waals surface area contributed by atoms with Gasteiger partial charge in [0.25, 0.3) is 5.91 Å². The summed E-state index contributed by atoms with van der Waals surface area (Å²) in [6.07, 6.45) is 4.45. The Bertz CT molecular complexity index is 756. The van der Waals surface area contributed by atoms with Gasteiger partial charge >= 0.3 is 0 Å². The zero-order valence-corrected chi connectivity index (χ0v) is 14.0. The molecular formula is C15H19F2N3O3S. The first kappa shape index (κ1) is 17.2. The molecule has 0 unspecified atom stereocenters. The molecule has 2 heterocycles. The molecule has 1 aromatic heterocycles. The number of nitrogens with one attached hydrogen (secondary N) is 1. The number of sulfonamides is 1. The van der Waals surface area contributed by atoms with Gasteiger partial charge in [0, 0.05) is 25.2 Å². The molecule has 3 rings (SSSR count). The first-order chi connectivity index (χ1) is 11.3. The molecule has 1 aliphatic heterocycles. The third-order valence-electron chi connectivity index (χ3n) is 4.87. The van der Waals surface area contributed by atoms with Crippen LogP contribution in [0.1, 0.15) is 29.8 Å². The summed E-state index contributed by atoms with van der Waals surface area (Å²) in [4.78, 5) is 15.8. The van der Waals surface area contributed by atoms with Crippen molar-refractivity contribution in [2.75, 3.05) is 19.3 Å². The smallest absolute Gasteiger partial charge is 0.273 e. The second-order valence-electron chi connectivity index (χ2n) is 6.50. The zero-order valence-electron chi connectivity index (χ0n) is 13.2. The van der Waals surface area contributed by atoms with Gasteiger partial charge in [-0.2, -0.15) is 0 Å². The summed E-state index contributed by atoms with van der Waals surface area (Å²) in [5.41, 5.74) is -0.448. The zero-order chi connectivity index (χ0) is 17.5. The molecule has 1 amide bonds. The molecule has 0 bridgehead atoms. The van der Waals surface area contributed by atoms with Crippen LogP contribution in [0.4, 0.5) is 8.78 Å². The first-order valence-corrected chi connectivity index (χ1v) is 9.67. The minimum absolute atomic E-state index is 0.000865. The predicted molar refractivity (Wildman–Crippen MR) is 82.7 cm³/mol. The van der Waals surface area contributed by atoms with Gasteiger partial charge in [-0.15, -0.1) is 0 Å². The summed E-state index contributed by atoms with van der Waals surface area (Å²) in [5, 5.41) is 2.75. The number of pyridine rings is 1. The van der Waals surface area contributed by atoms with Gasteiger partial charge in [-0.25, -0.2) is 26.5 Å². The van der Waals surface area contributed by atoms with Gasteiger partial charge in [-0.1, -0.05) is 6.42 Å². The number of nitrogens with zero attached hydrogens (tertiary/aromatic N) is 2. The molecule has 1 saturated heterocycles. The van der Waals surface area contributed by atoms with E-state index in [-0.39, 0.29) is 17.9 Å². The average molecular weight is 359 g/mol. The number of carbonyl (C=O) groups is 1. The fourth-order valence-electron chi connectivity index (χ4n) is 3.70. The van der Waals surface area contributed by atoms with Crippen molar-refractivity contribution in [3.8, 4) is 0 Å². The minimum Gasteiger partial charge on any atom is -0.348 e. The highest BCUT2D eigenvalue weighted by Crippen LogP contribution is 2.37. The third-order valence-corrected chi connectivity index (χ3v) is 6.11. The van der Waals surface area contributed by atoms with E-state index >= 15 is 0 Å². The fourth-order valence-corrected chi connectivity index (χ4v) is 4.60. The molecule has 1 aromatic rings. The maximum absolute atomic E-state index is 13.7. The predicted octanol–water partition coefficient (Wildman–Crippen LogP) is 1.15. The molecular weight excluding hydrogens is 340 g/mol. The summed E-state index contributed by atoms with van der Waals surface area (Å²) in [5.74, 6) is -2.37. The Balaban J connectivity index is 1.74. The summed E-state index contributed by atoms with van der Waals surface area (Å²) < 4.78 is 51.5. The van der Waals surface area contributed by atoms with Gasteiger partial charge in [0.1, 0.15) is 5.82 Å². The number of hydrogen-bond donors (Lipinski definition) is 1. The summed E-state index contributed by atoms with van der Waals surface area (Å²) in [6, 6.07) is 0.376. The number of aromatic nitrogens is 1. The molecule has 132 valence electrons. The molecule has 9 heteroatoms. The number of rotatable bonds is 3. The maximum Gasteiger partial charge on any atom is 0.273 e. The van der Waals surface area contributed by atoms with Crippen molar-refractivity contribution >= 4 is 15.9 Å².